The SMILES string of the molecule is Cc1ccc(CN2CC=C(C=Cc3ccccc3)CC2)cc1. The first-order valence-corrected chi connectivity index (χ1v) is 8.00. The maximum absolute atomic E-state index is 2.50. The lowest BCUT2D eigenvalue weighted by atomic mass is 10.1. The van der Waals surface area contributed by atoms with Gasteiger partial charge in [-0.25, -0.2) is 0 Å². The van der Waals surface area contributed by atoms with E-state index < -0.39 is 0 Å². The fraction of sp³-hybridized carbons (Fsp3) is 0.238. The van der Waals surface area contributed by atoms with Crippen molar-refractivity contribution in [3.8, 4) is 0 Å². The first-order valence-electron chi connectivity index (χ1n) is 8.00. The molecule has 0 bridgehead atoms. The Morgan fingerprint density at radius 3 is 2.41 bits per heavy atom. The second-order valence-electron chi connectivity index (χ2n) is 5.99. The molecule has 1 nitrogen and oxygen atoms in total. The molecule has 0 unspecified atom stereocenters. The minimum Gasteiger partial charge on any atom is -0.295 e. The van der Waals surface area contributed by atoms with E-state index >= 15 is 0 Å². The van der Waals surface area contributed by atoms with E-state index in [-0.39, 0.29) is 0 Å². The quantitative estimate of drug-likeness (QED) is 0.778. The van der Waals surface area contributed by atoms with Crippen LogP contribution in [0.25, 0.3) is 6.08 Å². The maximum atomic E-state index is 2.50. The van der Waals surface area contributed by atoms with E-state index in [2.05, 4.69) is 84.6 Å². The predicted molar refractivity (Wildman–Crippen MR) is 94.6 cm³/mol. The molecule has 0 saturated heterocycles. The third-order valence-corrected chi connectivity index (χ3v) is 4.14. The van der Waals surface area contributed by atoms with Gasteiger partial charge in [0.2, 0.25) is 0 Å². The van der Waals surface area contributed by atoms with Crippen LogP contribution in [-0.4, -0.2) is 18.0 Å². The topological polar surface area (TPSA) is 3.24 Å². The van der Waals surface area contributed by atoms with E-state index in [0.717, 1.165) is 26.1 Å². The third-order valence-electron chi connectivity index (χ3n) is 4.14. The van der Waals surface area contributed by atoms with Crippen molar-refractivity contribution in [3.05, 3.63) is 89.0 Å². The zero-order valence-corrected chi connectivity index (χ0v) is 13.2. The van der Waals surface area contributed by atoms with E-state index in [4.69, 9.17) is 0 Å². The third kappa shape index (κ3) is 4.19. The minimum atomic E-state index is 1.04. The molecule has 3 rings (SSSR count). The monoisotopic (exact) mass is 289 g/mol. The summed E-state index contributed by atoms with van der Waals surface area (Å²) in [7, 11) is 0. The molecule has 2 aromatic carbocycles. The maximum Gasteiger partial charge on any atom is 0.0237 e. The van der Waals surface area contributed by atoms with Crippen LogP contribution >= 0.6 is 0 Å². The smallest absolute Gasteiger partial charge is 0.0237 e. The van der Waals surface area contributed by atoms with Crippen molar-refractivity contribution in [2.24, 2.45) is 0 Å². The Morgan fingerprint density at radius 1 is 0.955 bits per heavy atom. The number of aryl methyl sites for hydroxylation is 1. The number of benzene rings is 2. The zero-order chi connectivity index (χ0) is 15.2. The number of rotatable bonds is 4. The molecule has 22 heavy (non-hydrogen) atoms. The van der Waals surface area contributed by atoms with Gasteiger partial charge in [-0.1, -0.05) is 78.4 Å². The number of allylic oxidation sites excluding steroid dienone is 1. The Hall–Kier alpha value is -2.12. The standard InChI is InChI=1S/C21H23N/c1-18-7-9-21(10-8-18)17-22-15-13-20(14-16-22)12-11-19-5-3-2-4-6-19/h2-13H,14-17H2,1H3. The van der Waals surface area contributed by atoms with Crippen molar-refractivity contribution in [2.45, 2.75) is 19.9 Å². The van der Waals surface area contributed by atoms with Gasteiger partial charge in [0.05, 0.1) is 0 Å². The highest BCUT2D eigenvalue weighted by Crippen LogP contribution is 2.16. The van der Waals surface area contributed by atoms with E-state index in [1.807, 2.05) is 0 Å². The highest BCUT2D eigenvalue weighted by Gasteiger charge is 2.10. The number of hydrogen-bond acceptors (Lipinski definition) is 1. The first kappa shape index (κ1) is 14.8. The van der Waals surface area contributed by atoms with Gasteiger partial charge >= 0.3 is 0 Å². The molecule has 0 spiro atoms. The fourth-order valence-corrected chi connectivity index (χ4v) is 2.74. The summed E-state index contributed by atoms with van der Waals surface area (Å²) in [4.78, 5) is 2.50. The molecule has 1 aliphatic rings. The zero-order valence-electron chi connectivity index (χ0n) is 13.2. The molecule has 0 aromatic heterocycles. The minimum absolute atomic E-state index is 1.04. The van der Waals surface area contributed by atoms with Crippen LogP contribution in [0.15, 0.2) is 72.3 Å². The lowest BCUT2D eigenvalue weighted by Crippen LogP contribution is -2.28. The van der Waals surface area contributed by atoms with Gasteiger partial charge in [0.25, 0.3) is 0 Å². The van der Waals surface area contributed by atoms with Crippen molar-refractivity contribution in [3.63, 3.8) is 0 Å². The van der Waals surface area contributed by atoms with E-state index in [1.165, 1.54) is 22.3 Å². The first-order chi connectivity index (χ1) is 10.8. The Morgan fingerprint density at radius 2 is 1.73 bits per heavy atom. The molecule has 0 radical (unpaired) electrons. The fourth-order valence-electron chi connectivity index (χ4n) is 2.74. The van der Waals surface area contributed by atoms with Gasteiger partial charge in [0.1, 0.15) is 0 Å². The van der Waals surface area contributed by atoms with Gasteiger partial charge in [-0.05, 0) is 30.0 Å². The molecular formula is C21H23N. The molecule has 0 amide bonds. The molecule has 0 N–H and O–H groups in total. The van der Waals surface area contributed by atoms with Crippen molar-refractivity contribution >= 4 is 6.08 Å². The van der Waals surface area contributed by atoms with Gasteiger partial charge in [-0.3, -0.25) is 4.90 Å². The van der Waals surface area contributed by atoms with Crippen molar-refractivity contribution in [1.82, 2.24) is 4.90 Å². The molecule has 0 saturated carbocycles. The second-order valence-corrected chi connectivity index (χ2v) is 5.99. The molecule has 0 atom stereocenters. The van der Waals surface area contributed by atoms with Crippen LogP contribution in [0.3, 0.4) is 0 Å². The summed E-state index contributed by atoms with van der Waals surface area (Å²) < 4.78 is 0. The molecular weight excluding hydrogens is 266 g/mol. The van der Waals surface area contributed by atoms with E-state index in [1.54, 1.807) is 0 Å². The van der Waals surface area contributed by atoms with Crippen LogP contribution in [0, 0.1) is 6.92 Å². The molecule has 2 aromatic rings. The lowest BCUT2D eigenvalue weighted by Gasteiger charge is -2.25. The lowest BCUT2D eigenvalue weighted by molar-refractivity contribution is 0.287. The molecule has 1 aliphatic heterocycles. The summed E-state index contributed by atoms with van der Waals surface area (Å²) in [5, 5.41) is 0. The van der Waals surface area contributed by atoms with Gasteiger partial charge in [-0.2, -0.15) is 0 Å². The van der Waals surface area contributed by atoms with E-state index in [9.17, 15) is 0 Å². The Kier molecular flexibility index (Phi) is 4.87. The summed E-state index contributed by atoms with van der Waals surface area (Å²) in [6.07, 6.45) is 7.96. The summed E-state index contributed by atoms with van der Waals surface area (Å²) in [6.45, 7) is 5.37. The number of nitrogens with zero attached hydrogens (tertiary/aromatic N) is 1. The van der Waals surface area contributed by atoms with Gasteiger partial charge in [-0.15, -0.1) is 0 Å². The summed E-state index contributed by atoms with van der Waals surface area (Å²) >= 11 is 0. The predicted octanol–water partition coefficient (Wildman–Crippen LogP) is 4.84. The summed E-state index contributed by atoms with van der Waals surface area (Å²) in [6, 6.07) is 19.4. The second kappa shape index (κ2) is 7.24. The Balaban J connectivity index is 1.55. The van der Waals surface area contributed by atoms with Crippen molar-refractivity contribution < 1.29 is 0 Å². The summed E-state index contributed by atoms with van der Waals surface area (Å²) in [5.74, 6) is 0. The van der Waals surface area contributed by atoms with Crippen LogP contribution < -0.4 is 0 Å². The largest absolute Gasteiger partial charge is 0.295 e. The van der Waals surface area contributed by atoms with Crippen LogP contribution in [-0.2, 0) is 6.54 Å². The van der Waals surface area contributed by atoms with Gasteiger partial charge in [0.15, 0.2) is 0 Å². The Bertz CT molecular complexity index is 650. The average Bonchev–Trinajstić information content (AvgIpc) is 2.57. The average molecular weight is 289 g/mol. The molecule has 1 heteroatoms. The molecule has 0 aliphatic carbocycles. The van der Waals surface area contributed by atoms with Crippen LogP contribution in [0.2, 0.25) is 0 Å². The summed E-state index contributed by atoms with van der Waals surface area (Å²) in [5.41, 5.74) is 5.45. The number of hydrogen-bond donors (Lipinski definition) is 0. The molecule has 0 fully saturated rings. The van der Waals surface area contributed by atoms with Crippen LogP contribution in [0.1, 0.15) is 23.1 Å². The van der Waals surface area contributed by atoms with Crippen LogP contribution in [0.5, 0.6) is 0 Å². The molecule has 1 heterocycles. The highest BCUT2D eigenvalue weighted by atomic mass is 15.1. The van der Waals surface area contributed by atoms with Gasteiger partial charge in [0, 0.05) is 19.6 Å². The Labute approximate surface area is 133 Å². The normalized spacial score (nSPS) is 16.0. The highest BCUT2D eigenvalue weighted by molar-refractivity contribution is 5.52. The van der Waals surface area contributed by atoms with E-state index in [0.29, 0.717) is 0 Å². The van der Waals surface area contributed by atoms with Gasteiger partial charge < -0.3 is 0 Å². The molecule has 112 valence electrons. The van der Waals surface area contributed by atoms with Crippen molar-refractivity contribution in [2.75, 3.05) is 13.1 Å². The van der Waals surface area contributed by atoms with Crippen LogP contribution in [0.4, 0.5) is 0 Å². The van der Waals surface area contributed by atoms with Crippen molar-refractivity contribution in [1.29, 1.82) is 0 Å².